The Morgan fingerprint density at radius 1 is 1.24 bits per heavy atom. The normalized spacial score (nSPS) is 33.5. The van der Waals surface area contributed by atoms with Crippen LogP contribution in [0.25, 0.3) is 0 Å². The number of nitrogens with zero attached hydrogens (tertiary/aromatic N) is 1. The Morgan fingerprint density at radius 2 is 2.04 bits per heavy atom. The number of guanidine groups is 1. The molecule has 0 spiro atoms. The van der Waals surface area contributed by atoms with Gasteiger partial charge in [0.2, 0.25) is 0 Å². The minimum atomic E-state index is -2.84. The van der Waals surface area contributed by atoms with Gasteiger partial charge < -0.3 is 20.1 Å². The minimum absolute atomic E-state index is 0.171. The van der Waals surface area contributed by atoms with Gasteiger partial charge in [0.1, 0.15) is 0 Å². The molecule has 3 aliphatic rings. The molecule has 2 N–H and O–H groups in total. The van der Waals surface area contributed by atoms with E-state index in [1.165, 1.54) is 0 Å². The van der Waals surface area contributed by atoms with E-state index >= 15 is 0 Å². The Bertz CT molecular complexity index is 566. The summed E-state index contributed by atoms with van der Waals surface area (Å²) in [6.45, 7) is 5.72. The molecule has 0 amide bonds. The Balaban J connectivity index is 1.57. The predicted molar refractivity (Wildman–Crippen MR) is 97.6 cm³/mol. The molecule has 25 heavy (non-hydrogen) atoms. The summed E-state index contributed by atoms with van der Waals surface area (Å²) in [6, 6.07) is 0.351. The van der Waals surface area contributed by atoms with Gasteiger partial charge in [-0.2, -0.15) is 0 Å². The SMILES string of the molecule is CC1(CN=C(NCC2CCS(=O)(=O)C2)NC2CCOCC2)CCCO1. The van der Waals surface area contributed by atoms with Crippen LogP contribution in [0.1, 0.15) is 39.0 Å². The van der Waals surface area contributed by atoms with Crippen LogP contribution in [0.3, 0.4) is 0 Å². The highest BCUT2D eigenvalue weighted by atomic mass is 32.2. The van der Waals surface area contributed by atoms with E-state index in [1.54, 1.807) is 0 Å². The van der Waals surface area contributed by atoms with E-state index in [0.29, 0.717) is 24.9 Å². The smallest absolute Gasteiger partial charge is 0.191 e. The topological polar surface area (TPSA) is 89.0 Å². The molecule has 0 radical (unpaired) electrons. The molecule has 0 aromatic rings. The van der Waals surface area contributed by atoms with Gasteiger partial charge in [0, 0.05) is 32.4 Å². The Kier molecular flexibility index (Phi) is 6.22. The fraction of sp³-hybridized carbons (Fsp3) is 0.941. The van der Waals surface area contributed by atoms with E-state index in [1.807, 2.05) is 0 Å². The zero-order valence-electron chi connectivity index (χ0n) is 15.1. The summed E-state index contributed by atoms with van der Waals surface area (Å²) in [5, 5.41) is 6.86. The molecule has 0 aliphatic carbocycles. The molecule has 3 rings (SSSR count). The van der Waals surface area contributed by atoms with E-state index in [2.05, 4.69) is 17.6 Å². The molecule has 0 bridgehead atoms. The van der Waals surface area contributed by atoms with Gasteiger partial charge in [-0.15, -0.1) is 0 Å². The average Bonchev–Trinajstić information content (AvgIpc) is 3.17. The van der Waals surface area contributed by atoms with Crippen molar-refractivity contribution in [3.8, 4) is 0 Å². The fourth-order valence-corrected chi connectivity index (χ4v) is 5.53. The van der Waals surface area contributed by atoms with Crippen molar-refractivity contribution < 1.29 is 17.9 Å². The van der Waals surface area contributed by atoms with E-state index < -0.39 is 9.84 Å². The molecule has 3 saturated heterocycles. The summed E-state index contributed by atoms with van der Waals surface area (Å²) >= 11 is 0. The number of aliphatic imine (C=N–C) groups is 1. The Labute approximate surface area is 150 Å². The first-order valence-electron chi connectivity index (χ1n) is 9.41. The van der Waals surface area contributed by atoms with Gasteiger partial charge in [-0.25, -0.2) is 8.42 Å². The van der Waals surface area contributed by atoms with Gasteiger partial charge >= 0.3 is 0 Å². The Hall–Kier alpha value is -0.860. The highest BCUT2D eigenvalue weighted by molar-refractivity contribution is 7.91. The first-order valence-corrected chi connectivity index (χ1v) is 11.2. The number of ether oxygens (including phenoxy) is 2. The van der Waals surface area contributed by atoms with Gasteiger partial charge in [0.15, 0.2) is 15.8 Å². The average molecular weight is 374 g/mol. The van der Waals surface area contributed by atoms with Crippen molar-refractivity contribution >= 4 is 15.8 Å². The molecule has 3 heterocycles. The zero-order valence-corrected chi connectivity index (χ0v) is 15.9. The lowest BCUT2D eigenvalue weighted by molar-refractivity contribution is 0.0283. The minimum Gasteiger partial charge on any atom is -0.381 e. The van der Waals surface area contributed by atoms with Crippen LogP contribution in [0.2, 0.25) is 0 Å². The van der Waals surface area contributed by atoms with Crippen LogP contribution in [0.4, 0.5) is 0 Å². The molecule has 144 valence electrons. The van der Waals surface area contributed by atoms with Crippen LogP contribution < -0.4 is 10.6 Å². The molecule has 2 atom stereocenters. The molecule has 3 fully saturated rings. The number of sulfone groups is 1. The van der Waals surface area contributed by atoms with E-state index in [9.17, 15) is 8.42 Å². The molecule has 3 aliphatic heterocycles. The zero-order chi connectivity index (χ0) is 17.8. The second kappa shape index (κ2) is 8.22. The van der Waals surface area contributed by atoms with Crippen molar-refractivity contribution in [2.45, 2.75) is 50.7 Å². The van der Waals surface area contributed by atoms with Crippen LogP contribution in [0.5, 0.6) is 0 Å². The highest BCUT2D eigenvalue weighted by Gasteiger charge is 2.30. The number of hydrogen-bond donors (Lipinski definition) is 2. The molecule has 7 nitrogen and oxygen atoms in total. The van der Waals surface area contributed by atoms with Crippen molar-refractivity contribution in [2.24, 2.45) is 10.9 Å². The summed E-state index contributed by atoms with van der Waals surface area (Å²) in [7, 11) is -2.84. The van der Waals surface area contributed by atoms with Gasteiger partial charge in [-0.3, -0.25) is 4.99 Å². The van der Waals surface area contributed by atoms with Crippen molar-refractivity contribution in [3.63, 3.8) is 0 Å². The van der Waals surface area contributed by atoms with Crippen LogP contribution in [0.15, 0.2) is 4.99 Å². The number of nitrogens with one attached hydrogen (secondary N) is 2. The summed E-state index contributed by atoms with van der Waals surface area (Å²) in [4.78, 5) is 4.75. The Morgan fingerprint density at radius 3 is 2.68 bits per heavy atom. The number of hydrogen-bond acceptors (Lipinski definition) is 5. The first-order chi connectivity index (χ1) is 11.9. The summed E-state index contributed by atoms with van der Waals surface area (Å²) < 4.78 is 34.5. The monoisotopic (exact) mass is 373 g/mol. The van der Waals surface area contributed by atoms with Gasteiger partial charge in [0.05, 0.1) is 23.7 Å². The van der Waals surface area contributed by atoms with Gasteiger partial charge in [-0.05, 0) is 44.9 Å². The van der Waals surface area contributed by atoms with Crippen LogP contribution >= 0.6 is 0 Å². The van der Waals surface area contributed by atoms with Gasteiger partial charge in [-0.1, -0.05) is 0 Å². The lowest BCUT2D eigenvalue weighted by Gasteiger charge is -2.27. The fourth-order valence-electron chi connectivity index (χ4n) is 3.67. The van der Waals surface area contributed by atoms with Crippen molar-refractivity contribution in [1.29, 1.82) is 0 Å². The standard InChI is InChI=1S/C17H31N3O4S/c1-17(6-2-7-24-17)13-19-16(20-15-3-8-23-9-4-15)18-11-14-5-10-25(21,22)12-14/h14-15H,2-13H2,1H3,(H2,18,19,20). The second-order valence-electron chi connectivity index (χ2n) is 7.75. The van der Waals surface area contributed by atoms with E-state index in [0.717, 1.165) is 57.9 Å². The molecular formula is C17H31N3O4S. The third kappa shape index (κ3) is 5.82. The summed E-state index contributed by atoms with van der Waals surface area (Å²) in [5.74, 6) is 1.54. The van der Waals surface area contributed by atoms with Crippen molar-refractivity contribution in [2.75, 3.05) is 44.4 Å². The number of rotatable bonds is 5. The highest BCUT2D eigenvalue weighted by Crippen LogP contribution is 2.25. The lowest BCUT2D eigenvalue weighted by Crippen LogP contribution is -2.47. The molecule has 0 aromatic carbocycles. The maximum atomic E-state index is 11.6. The maximum absolute atomic E-state index is 11.6. The first kappa shape index (κ1) is 18.9. The molecule has 0 aromatic heterocycles. The third-order valence-electron chi connectivity index (χ3n) is 5.32. The van der Waals surface area contributed by atoms with Crippen molar-refractivity contribution in [3.05, 3.63) is 0 Å². The van der Waals surface area contributed by atoms with E-state index in [-0.39, 0.29) is 17.3 Å². The quantitative estimate of drug-likeness (QED) is 0.545. The molecule has 2 unspecified atom stereocenters. The third-order valence-corrected chi connectivity index (χ3v) is 7.16. The summed E-state index contributed by atoms with van der Waals surface area (Å²) in [6.07, 6.45) is 4.78. The van der Waals surface area contributed by atoms with Crippen LogP contribution in [-0.2, 0) is 19.3 Å². The van der Waals surface area contributed by atoms with Crippen LogP contribution in [0, 0.1) is 5.92 Å². The summed E-state index contributed by atoms with van der Waals surface area (Å²) in [5.41, 5.74) is -0.180. The van der Waals surface area contributed by atoms with E-state index in [4.69, 9.17) is 14.5 Å². The van der Waals surface area contributed by atoms with Gasteiger partial charge in [0.25, 0.3) is 0 Å². The second-order valence-corrected chi connectivity index (χ2v) is 9.98. The molecule has 0 saturated carbocycles. The lowest BCUT2D eigenvalue weighted by atomic mass is 10.0. The van der Waals surface area contributed by atoms with Crippen LogP contribution in [-0.4, -0.2) is 70.4 Å². The molecule has 8 heteroatoms. The van der Waals surface area contributed by atoms with Crippen molar-refractivity contribution in [1.82, 2.24) is 10.6 Å². The molecular weight excluding hydrogens is 342 g/mol. The maximum Gasteiger partial charge on any atom is 0.191 e. The largest absolute Gasteiger partial charge is 0.381 e. The predicted octanol–water partition coefficient (Wildman–Crippen LogP) is 0.704.